The summed E-state index contributed by atoms with van der Waals surface area (Å²) in [6, 6.07) is 86.6. The van der Waals surface area contributed by atoms with Crippen LogP contribution in [0.5, 0.6) is 0 Å². The summed E-state index contributed by atoms with van der Waals surface area (Å²) in [6.45, 7) is 6.28. The van der Waals surface area contributed by atoms with Crippen LogP contribution in [-0.2, 0) is 6.42 Å². The van der Waals surface area contributed by atoms with Gasteiger partial charge in [0.15, 0.2) is 0 Å². The zero-order chi connectivity index (χ0) is 51.6. The zero-order valence-electron chi connectivity index (χ0n) is 42.9. The van der Waals surface area contributed by atoms with Crippen LogP contribution >= 0.6 is 0 Å². The van der Waals surface area contributed by atoms with Crippen molar-refractivity contribution in [1.82, 2.24) is 13.7 Å². The number of para-hydroxylation sites is 3. The molecule has 78 heavy (non-hydrogen) atoms. The van der Waals surface area contributed by atoms with Crippen LogP contribution in [0.4, 0.5) is 0 Å². The average molecular weight is 1000 g/mol. The van der Waals surface area contributed by atoms with Crippen molar-refractivity contribution in [2.75, 3.05) is 0 Å². The molecule has 0 radical (unpaired) electrons. The number of hydrogen-bond donors (Lipinski definition) is 0. The van der Waals surface area contributed by atoms with Gasteiger partial charge in [-0.3, -0.25) is 0 Å². The summed E-state index contributed by atoms with van der Waals surface area (Å²) in [7, 11) is 0. The molecule has 0 aliphatic heterocycles. The van der Waals surface area contributed by atoms with Gasteiger partial charge in [0.1, 0.15) is 22.5 Å². The van der Waals surface area contributed by atoms with Crippen LogP contribution in [0.1, 0.15) is 24.7 Å². The first-order chi connectivity index (χ1) is 38.6. The Hall–Kier alpha value is -10.1. The van der Waals surface area contributed by atoms with E-state index < -0.39 is 0 Å². The number of rotatable bonds is 9. The summed E-state index contributed by atoms with van der Waals surface area (Å²) in [6.07, 6.45) is 3.77. The zero-order valence-corrected chi connectivity index (χ0v) is 42.9. The predicted molar refractivity (Wildman–Crippen MR) is 327 cm³/mol. The lowest BCUT2D eigenvalue weighted by molar-refractivity contribution is 0.544. The number of aromatic nitrogens is 3. The minimum Gasteiger partial charge on any atom is -0.460 e. The van der Waals surface area contributed by atoms with E-state index in [1.807, 2.05) is 6.08 Å². The molecule has 368 valence electrons. The Morgan fingerprint density at radius 1 is 0.321 bits per heavy atom. The number of fused-ring (bicyclic) bond motifs is 13. The van der Waals surface area contributed by atoms with Gasteiger partial charge in [-0.05, 0) is 149 Å². The highest BCUT2D eigenvalue weighted by Gasteiger charge is 2.21. The van der Waals surface area contributed by atoms with Gasteiger partial charge in [0.05, 0.1) is 33.1 Å². The van der Waals surface area contributed by atoms with Gasteiger partial charge in [-0.1, -0.05) is 147 Å². The van der Waals surface area contributed by atoms with Crippen LogP contribution in [0, 0.1) is 0 Å². The quantitative estimate of drug-likeness (QED) is 0.145. The van der Waals surface area contributed by atoms with Crippen LogP contribution in [0.2, 0.25) is 0 Å². The van der Waals surface area contributed by atoms with Crippen molar-refractivity contribution in [2.45, 2.75) is 19.8 Å². The monoisotopic (exact) mass is 999 g/mol. The molecule has 0 fully saturated rings. The summed E-state index contributed by atoms with van der Waals surface area (Å²) >= 11 is 0. The molecule has 0 atom stereocenters. The summed E-state index contributed by atoms with van der Waals surface area (Å²) in [5.74, 6) is 0.977. The maximum atomic E-state index is 6.53. The molecule has 11 aromatic carbocycles. The molecule has 0 aliphatic carbocycles. The second-order valence-corrected chi connectivity index (χ2v) is 20.7. The van der Waals surface area contributed by atoms with Gasteiger partial charge < -0.3 is 22.5 Å². The summed E-state index contributed by atoms with van der Waals surface area (Å²) in [4.78, 5) is 0. The molecule has 0 saturated heterocycles. The maximum Gasteiger partial charge on any atom is 0.136 e. The third kappa shape index (κ3) is 6.68. The van der Waals surface area contributed by atoms with Crippen LogP contribution in [-0.4, -0.2) is 13.7 Å². The molecule has 5 heteroatoms. The van der Waals surface area contributed by atoms with Gasteiger partial charge in [0.2, 0.25) is 0 Å². The largest absolute Gasteiger partial charge is 0.460 e. The van der Waals surface area contributed by atoms with Crippen molar-refractivity contribution >= 4 is 104 Å². The van der Waals surface area contributed by atoms with Gasteiger partial charge in [0.25, 0.3) is 0 Å². The molecule has 5 heterocycles. The van der Waals surface area contributed by atoms with Crippen LogP contribution < -0.4 is 0 Å². The molecule has 5 aromatic heterocycles. The van der Waals surface area contributed by atoms with E-state index in [2.05, 4.69) is 264 Å². The molecule has 5 nitrogen and oxygen atoms in total. The highest BCUT2D eigenvalue weighted by Crippen LogP contribution is 2.43. The fourth-order valence-electron chi connectivity index (χ4n) is 12.8. The number of benzene rings is 11. The van der Waals surface area contributed by atoms with E-state index in [4.69, 9.17) is 8.83 Å². The Labute approximate surface area is 449 Å². The first-order valence-corrected chi connectivity index (χ1v) is 27.0. The second-order valence-electron chi connectivity index (χ2n) is 20.7. The second kappa shape index (κ2) is 17.2. The minimum absolute atomic E-state index is 0.844. The molecule has 0 unspecified atom stereocenters. The van der Waals surface area contributed by atoms with Crippen molar-refractivity contribution < 1.29 is 8.83 Å². The van der Waals surface area contributed by atoms with E-state index in [1.165, 1.54) is 87.8 Å². The van der Waals surface area contributed by atoms with Gasteiger partial charge >= 0.3 is 0 Å². The average Bonchev–Trinajstić information content (AvgIpc) is 4.34. The fourth-order valence-corrected chi connectivity index (χ4v) is 12.8. The first-order valence-electron chi connectivity index (χ1n) is 27.0. The molecule has 0 amide bonds. The lowest BCUT2D eigenvalue weighted by Gasteiger charge is -2.11. The number of nitrogens with zero attached hydrogens (tertiary/aromatic N) is 3. The normalized spacial score (nSPS) is 12.1. The molecular weight excluding hydrogens is 951 g/mol. The Morgan fingerprint density at radius 2 is 0.795 bits per heavy atom. The maximum absolute atomic E-state index is 6.53. The number of hydrogen-bond acceptors (Lipinski definition) is 2. The van der Waals surface area contributed by atoms with Crippen molar-refractivity contribution in [2.24, 2.45) is 0 Å². The molecule has 0 spiro atoms. The third-order valence-electron chi connectivity index (χ3n) is 16.3. The minimum atomic E-state index is 0.844. The van der Waals surface area contributed by atoms with E-state index in [9.17, 15) is 0 Å². The Bertz CT molecular complexity index is 5120. The molecule has 0 saturated carbocycles. The van der Waals surface area contributed by atoms with Crippen molar-refractivity contribution in [3.05, 3.63) is 254 Å². The van der Waals surface area contributed by atoms with E-state index in [0.29, 0.717) is 0 Å². The smallest absolute Gasteiger partial charge is 0.136 e. The summed E-state index contributed by atoms with van der Waals surface area (Å²) < 4.78 is 20.2. The molecular formula is C73H49N3O2. The Kier molecular flexibility index (Phi) is 9.76. The topological polar surface area (TPSA) is 41.1 Å². The molecule has 0 bridgehead atoms. The van der Waals surface area contributed by atoms with Crippen molar-refractivity contribution in [3.8, 4) is 50.4 Å². The van der Waals surface area contributed by atoms with Crippen LogP contribution in [0.3, 0.4) is 0 Å². The lowest BCUT2D eigenvalue weighted by Crippen LogP contribution is -1.94. The molecule has 0 N–H and O–H groups in total. The summed E-state index contributed by atoms with van der Waals surface area (Å²) in [5, 5.41) is 10.4. The highest BCUT2D eigenvalue weighted by atomic mass is 16.3. The SMILES string of the molecule is C=Cc1c(CCC)oc2cc3c(cc12)oc1ccc(-n2c4ccccc4c4cc(-c5ccc6c(c5)c5cc(-c7ccc8c9ccccc9n(-c9cccc(-c%10ccccc%10)c9)c8c7)ccc5n6-c5ccccc5)ccc42)cc13. The Morgan fingerprint density at radius 3 is 1.47 bits per heavy atom. The fraction of sp³-hybridized carbons (Fsp3) is 0.0411. The van der Waals surface area contributed by atoms with Crippen LogP contribution in [0.25, 0.3) is 155 Å². The summed E-state index contributed by atoms with van der Waals surface area (Å²) in [5.41, 5.74) is 21.0. The van der Waals surface area contributed by atoms with Gasteiger partial charge in [0, 0.05) is 77.5 Å². The van der Waals surface area contributed by atoms with Crippen molar-refractivity contribution in [1.29, 1.82) is 0 Å². The van der Waals surface area contributed by atoms with Gasteiger partial charge in [-0.25, -0.2) is 0 Å². The van der Waals surface area contributed by atoms with E-state index in [-0.39, 0.29) is 0 Å². The van der Waals surface area contributed by atoms with Crippen LogP contribution in [0.15, 0.2) is 252 Å². The van der Waals surface area contributed by atoms with E-state index in [1.54, 1.807) is 0 Å². The molecule has 16 rings (SSSR count). The lowest BCUT2D eigenvalue weighted by atomic mass is 9.98. The Balaban J connectivity index is 0.834. The predicted octanol–water partition coefficient (Wildman–Crippen LogP) is 20.2. The number of aryl methyl sites for hydroxylation is 1. The van der Waals surface area contributed by atoms with E-state index >= 15 is 0 Å². The molecule has 16 aromatic rings. The van der Waals surface area contributed by atoms with E-state index in [0.717, 1.165) is 85.2 Å². The van der Waals surface area contributed by atoms with Gasteiger partial charge in [-0.2, -0.15) is 0 Å². The first kappa shape index (κ1) is 44.2. The molecule has 0 aliphatic rings. The highest BCUT2D eigenvalue weighted by molar-refractivity contribution is 6.16. The van der Waals surface area contributed by atoms with Gasteiger partial charge in [-0.15, -0.1) is 0 Å². The van der Waals surface area contributed by atoms with Crippen molar-refractivity contribution in [3.63, 3.8) is 0 Å². The third-order valence-corrected chi connectivity index (χ3v) is 16.3. The standard InChI is InChI=1S/C73H49N3O2/c1-3-16-70-54(4-2)62-43-73-63(44-72(62)77-70)61-42-53(31-36-71(61)78-73)75-65-26-14-12-24-56(65)58-38-47(28-33-66(58)75)48-29-34-67-59(39-48)60-40-49(30-35-68(60)74(67)51-20-9-6-10-21-51)50-27-32-57-55-23-11-13-25-64(55)76(69(57)41-50)52-22-15-19-46(37-52)45-17-7-5-8-18-45/h4-15,17-44H,2-3,16H2,1H3. The number of furan rings is 2.